The van der Waals surface area contributed by atoms with Crippen LogP contribution in [0.1, 0.15) is 66.6 Å². The third-order valence-corrected chi connectivity index (χ3v) is 10.6. The highest BCUT2D eigenvalue weighted by Gasteiger charge is 2.34. The summed E-state index contributed by atoms with van der Waals surface area (Å²) in [6, 6.07) is 6.14. The molecule has 2 aromatic heterocycles. The van der Waals surface area contributed by atoms with Crippen LogP contribution in [-0.4, -0.2) is 26.4 Å². The van der Waals surface area contributed by atoms with Gasteiger partial charge in [-0.15, -0.1) is 28.1 Å². The molecular weight excluding hydrogens is 562 g/mol. The van der Waals surface area contributed by atoms with Gasteiger partial charge in [0.2, 0.25) is 5.91 Å². The van der Waals surface area contributed by atoms with Gasteiger partial charge in [0.25, 0.3) is 0 Å². The van der Waals surface area contributed by atoms with Gasteiger partial charge >= 0.3 is 0 Å². The van der Waals surface area contributed by atoms with Crippen LogP contribution in [0.25, 0.3) is 0 Å². The van der Waals surface area contributed by atoms with Gasteiger partial charge in [-0.25, -0.2) is 0 Å². The van der Waals surface area contributed by atoms with Crippen LogP contribution in [0.4, 0.5) is 5.00 Å². The second kappa shape index (κ2) is 12.8. The van der Waals surface area contributed by atoms with Crippen molar-refractivity contribution >= 4 is 45.6 Å². The number of benzene rings is 1. The van der Waals surface area contributed by atoms with Crippen LogP contribution in [-0.2, 0) is 30.8 Å². The Balaban J connectivity index is 1.41. The van der Waals surface area contributed by atoms with Crippen LogP contribution in [0.5, 0.6) is 5.75 Å². The fraction of sp³-hybridized carbons (Fsp3) is 0.467. The molecule has 4 rings (SSSR count). The number of allylic oxidation sites excluding steroid dienone is 1. The molecule has 2 heterocycles. The van der Waals surface area contributed by atoms with Crippen molar-refractivity contribution in [2.45, 2.75) is 78.6 Å². The highest BCUT2D eigenvalue weighted by atomic mass is 35.5. The van der Waals surface area contributed by atoms with Crippen molar-refractivity contribution in [2.24, 2.45) is 11.3 Å². The first-order chi connectivity index (χ1) is 19.1. The highest BCUT2D eigenvalue weighted by Crippen LogP contribution is 2.45. The first-order valence-corrected chi connectivity index (χ1v) is 15.7. The van der Waals surface area contributed by atoms with Crippen LogP contribution >= 0.6 is 34.7 Å². The van der Waals surface area contributed by atoms with Crippen LogP contribution in [0, 0.1) is 36.5 Å². The number of ether oxygens (including phenoxy) is 1. The van der Waals surface area contributed by atoms with Gasteiger partial charge in [-0.3, -0.25) is 9.36 Å². The first-order valence-electron chi connectivity index (χ1n) is 13.5. The quantitative estimate of drug-likeness (QED) is 0.181. The normalized spacial score (nSPS) is 14.9. The third kappa shape index (κ3) is 6.56. The standard InChI is InChI=1S/C30H36ClN5O2S2/c1-7-11-36-25(16-38-21-12-18(3)27(31)19(4)13-21)34-35-29(36)39-17-26(37)33-28-23(15-32)22-10-9-20(14-24(22)40-28)30(5,6)8-2/h7,12-13,20H,1,8-11,14,16-17H2,2-6H3,(H,33,37). The Morgan fingerprint density at radius 3 is 2.75 bits per heavy atom. The van der Waals surface area contributed by atoms with Crippen LogP contribution < -0.4 is 10.1 Å². The summed E-state index contributed by atoms with van der Waals surface area (Å²) in [5.41, 5.74) is 3.88. The molecule has 0 saturated heterocycles. The van der Waals surface area contributed by atoms with Gasteiger partial charge in [0.05, 0.1) is 11.3 Å². The van der Waals surface area contributed by atoms with E-state index >= 15 is 0 Å². The number of carbonyl (C=O) groups excluding carboxylic acids is 1. The number of hydrogen-bond acceptors (Lipinski definition) is 7. The molecule has 40 heavy (non-hydrogen) atoms. The Morgan fingerprint density at radius 1 is 1.38 bits per heavy atom. The zero-order valence-electron chi connectivity index (χ0n) is 23.8. The fourth-order valence-electron chi connectivity index (χ4n) is 5.02. The molecular formula is C30H36ClN5O2S2. The maximum atomic E-state index is 13.0. The van der Waals surface area contributed by atoms with Crippen molar-refractivity contribution in [3.05, 3.63) is 62.8 Å². The number of anilines is 1. The number of rotatable bonds is 11. The number of nitrogens with zero attached hydrogens (tertiary/aromatic N) is 4. The Morgan fingerprint density at radius 2 is 2.10 bits per heavy atom. The monoisotopic (exact) mass is 597 g/mol. The van der Waals surface area contributed by atoms with Crippen molar-refractivity contribution in [2.75, 3.05) is 11.1 Å². The van der Waals surface area contributed by atoms with Gasteiger partial charge in [0.1, 0.15) is 23.4 Å². The molecule has 0 aliphatic heterocycles. The molecule has 1 atom stereocenters. The van der Waals surface area contributed by atoms with E-state index in [-0.39, 0.29) is 23.7 Å². The van der Waals surface area contributed by atoms with Gasteiger partial charge in [-0.2, -0.15) is 5.26 Å². The molecule has 0 fully saturated rings. The second-order valence-corrected chi connectivity index (χ2v) is 13.3. The maximum Gasteiger partial charge on any atom is 0.235 e. The van der Waals surface area contributed by atoms with Crippen LogP contribution in [0.2, 0.25) is 5.02 Å². The lowest BCUT2D eigenvalue weighted by atomic mass is 9.69. The largest absolute Gasteiger partial charge is 0.486 e. The molecule has 10 heteroatoms. The van der Waals surface area contributed by atoms with E-state index < -0.39 is 0 Å². The molecule has 1 aromatic carbocycles. The number of nitrogens with one attached hydrogen (secondary N) is 1. The molecule has 212 valence electrons. The number of carbonyl (C=O) groups is 1. The van der Waals surface area contributed by atoms with Gasteiger partial charge < -0.3 is 10.1 Å². The topological polar surface area (TPSA) is 92.8 Å². The number of hydrogen-bond donors (Lipinski definition) is 1. The van der Waals surface area contributed by atoms with Crippen molar-refractivity contribution in [3.8, 4) is 11.8 Å². The summed E-state index contributed by atoms with van der Waals surface area (Å²) in [5.74, 6) is 1.89. The Kier molecular flexibility index (Phi) is 9.65. The van der Waals surface area contributed by atoms with E-state index in [1.54, 1.807) is 17.4 Å². The zero-order chi connectivity index (χ0) is 29.0. The van der Waals surface area contributed by atoms with E-state index in [0.717, 1.165) is 47.4 Å². The Bertz CT molecular complexity index is 1430. The number of nitriles is 1. The van der Waals surface area contributed by atoms with Gasteiger partial charge in [-0.1, -0.05) is 56.6 Å². The molecule has 1 aliphatic rings. The molecule has 1 aliphatic carbocycles. The van der Waals surface area contributed by atoms with Gasteiger partial charge in [0, 0.05) is 16.4 Å². The summed E-state index contributed by atoms with van der Waals surface area (Å²) < 4.78 is 7.87. The number of thioether (sulfide) groups is 1. The lowest BCUT2D eigenvalue weighted by Crippen LogP contribution is -2.28. The average molecular weight is 598 g/mol. The lowest BCUT2D eigenvalue weighted by Gasteiger charge is -2.36. The predicted octanol–water partition coefficient (Wildman–Crippen LogP) is 7.52. The smallest absolute Gasteiger partial charge is 0.235 e. The Hall–Kier alpha value is -2.80. The number of fused-ring (bicyclic) bond motifs is 1. The molecule has 0 spiro atoms. The predicted molar refractivity (Wildman–Crippen MR) is 163 cm³/mol. The van der Waals surface area contributed by atoms with Gasteiger partial charge in [0.15, 0.2) is 11.0 Å². The molecule has 1 N–H and O–H groups in total. The molecule has 0 saturated carbocycles. The summed E-state index contributed by atoms with van der Waals surface area (Å²) in [5, 5.41) is 23.5. The summed E-state index contributed by atoms with van der Waals surface area (Å²) in [6.45, 7) is 15.3. The average Bonchev–Trinajstić information content (AvgIpc) is 3.48. The van der Waals surface area contributed by atoms with E-state index in [0.29, 0.717) is 39.8 Å². The van der Waals surface area contributed by atoms with Crippen molar-refractivity contribution < 1.29 is 9.53 Å². The summed E-state index contributed by atoms with van der Waals surface area (Å²) >= 11 is 9.13. The minimum Gasteiger partial charge on any atom is -0.486 e. The minimum atomic E-state index is -0.177. The minimum absolute atomic E-state index is 0.143. The van der Waals surface area contributed by atoms with E-state index in [1.807, 2.05) is 30.5 Å². The number of aryl methyl sites for hydroxylation is 2. The van der Waals surface area contributed by atoms with E-state index in [1.165, 1.54) is 16.6 Å². The first kappa shape index (κ1) is 30.2. The number of thiophene rings is 1. The SMILES string of the molecule is C=CCn1c(COc2cc(C)c(Cl)c(C)c2)nnc1SCC(=O)Nc1sc2c(c1C#N)CCC(C(C)(C)CC)C2. The molecule has 0 bridgehead atoms. The Labute approximate surface area is 250 Å². The number of halogens is 1. The molecule has 1 amide bonds. The zero-order valence-corrected chi connectivity index (χ0v) is 26.2. The van der Waals surface area contributed by atoms with Gasteiger partial charge in [-0.05, 0) is 73.3 Å². The third-order valence-electron chi connectivity index (χ3n) is 7.86. The van der Waals surface area contributed by atoms with Crippen molar-refractivity contribution in [1.29, 1.82) is 5.26 Å². The summed E-state index contributed by atoms with van der Waals surface area (Å²) in [6.07, 6.45) is 5.80. The number of amides is 1. The van der Waals surface area contributed by atoms with Crippen molar-refractivity contribution in [1.82, 2.24) is 14.8 Å². The molecule has 7 nitrogen and oxygen atoms in total. The van der Waals surface area contributed by atoms with Crippen LogP contribution in [0.3, 0.4) is 0 Å². The van der Waals surface area contributed by atoms with Crippen LogP contribution in [0.15, 0.2) is 29.9 Å². The lowest BCUT2D eigenvalue weighted by molar-refractivity contribution is -0.113. The molecule has 0 radical (unpaired) electrons. The van der Waals surface area contributed by atoms with E-state index in [4.69, 9.17) is 16.3 Å². The summed E-state index contributed by atoms with van der Waals surface area (Å²) in [4.78, 5) is 14.2. The number of aromatic nitrogens is 3. The molecule has 3 aromatic rings. The van der Waals surface area contributed by atoms with E-state index in [9.17, 15) is 10.1 Å². The fourth-order valence-corrected chi connectivity index (χ4v) is 7.19. The van der Waals surface area contributed by atoms with E-state index in [2.05, 4.69) is 48.9 Å². The maximum absolute atomic E-state index is 13.0. The second-order valence-electron chi connectivity index (χ2n) is 10.9. The molecule has 1 unspecified atom stereocenters. The highest BCUT2D eigenvalue weighted by molar-refractivity contribution is 7.99. The summed E-state index contributed by atoms with van der Waals surface area (Å²) in [7, 11) is 0. The van der Waals surface area contributed by atoms with Crippen molar-refractivity contribution in [3.63, 3.8) is 0 Å².